The summed E-state index contributed by atoms with van der Waals surface area (Å²) >= 11 is 0. The standard InChI is InChI=1S/C18H19F3O/c1-3-5-6-12-7-9-14(18(21)17(12)20)13-8-10-16(22-4-2)15(19)11-13/h7-11H,3-6H2,1-2H3. The van der Waals surface area contributed by atoms with Crippen molar-refractivity contribution in [2.45, 2.75) is 33.1 Å². The summed E-state index contributed by atoms with van der Waals surface area (Å²) in [7, 11) is 0. The molecule has 0 aliphatic rings. The number of unbranched alkanes of at least 4 members (excludes halogenated alkanes) is 1. The minimum absolute atomic E-state index is 0.0553. The Bertz CT molecular complexity index is 653. The van der Waals surface area contributed by atoms with E-state index < -0.39 is 17.5 Å². The van der Waals surface area contributed by atoms with Crippen LogP contribution in [-0.4, -0.2) is 6.61 Å². The van der Waals surface area contributed by atoms with Gasteiger partial charge < -0.3 is 4.74 Å². The fourth-order valence-corrected chi connectivity index (χ4v) is 2.31. The summed E-state index contributed by atoms with van der Waals surface area (Å²) in [6.07, 6.45) is 2.21. The molecule has 22 heavy (non-hydrogen) atoms. The smallest absolute Gasteiger partial charge is 0.166 e. The Balaban J connectivity index is 2.37. The van der Waals surface area contributed by atoms with Crippen molar-refractivity contribution < 1.29 is 17.9 Å². The van der Waals surface area contributed by atoms with Crippen molar-refractivity contribution in [3.05, 3.63) is 53.3 Å². The summed E-state index contributed by atoms with van der Waals surface area (Å²) in [5.41, 5.74) is 0.702. The second-order valence-electron chi connectivity index (χ2n) is 5.08. The fraction of sp³-hybridized carbons (Fsp3) is 0.333. The van der Waals surface area contributed by atoms with E-state index in [1.54, 1.807) is 13.0 Å². The number of rotatable bonds is 6. The van der Waals surface area contributed by atoms with Gasteiger partial charge in [-0.3, -0.25) is 0 Å². The first-order valence-corrected chi connectivity index (χ1v) is 7.48. The molecule has 0 heterocycles. The molecule has 0 aromatic heterocycles. The molecule has 1 nitrogen and oxygen atoms in total. The van der Waals surface area contributed by atoms with E-state index in [-0.39, 0.29) is 11.3 Å². The number of benzene rings is 2. The van der Waals surface area contributed by atoms with Gasteiger partial charge >= 0.3 is 0 Å². The highest BCUT2D eigenvalue weighted by atomic mass is 19.2. The van der Waals surface area contributed by atoms with Crippen molar-refractivity contribution in [1.82, 2.24) is 0 Å². The van der Waals surface area contributed by atoms with Crippen LogP contribution in [0.4, 0.5) is 13.2 Å². The first kappa shape index (κ1) is 16.4. The number of ether oxygens (including phenoxy) is 1. The van der Waals surface area contributed by atoms with Crippen molar-refractivity contribution >= 4 is 0 Å². The Morgan fingerprint density at radius 1 is 0.955 bits per heavy atom. The van der Waals surface area contributed by atoms with Crippen LogP contribution in [0.15, 0.2) is 30.3 Å². The normalized spacial score (nSPS) is 10.8. The lowest BCUT2D eigenvalue weighted by molar-refractivity contribution is 0.321. The molecule has 4 heteroatoms. The number of halogens is 3. The van der Waals surface area contributed by atoms with Crippen molar-refractivity contribution in [3.63, 3.8) is 0 Å². The molecule has 0 radical (unpaired) electrons. The highest BCUT2D eigenvalue weighted by molar-refractivity contribution is 5.65. The van der Waals surface area contributed by atoms with Crippen LogP contribution >= 0.6 is 0 Å². The molecule has 2 aromatic rings. The Hall–Kier alpha value is -1.97. The molecule has 0 saturated heterocycles. The zero-order chi connectivity index (χ0) is 16.1. The largest absolute Gasteiger partial charge is 0.491 e. The molecule has 0 spiro atoms. The second kappa shape index (κ2) is 7.34. The van der Waals surface area contributed by atoms with E-state index in [0.717, 1.165) is 18.9 Å². The van der Waals surface area contributed by atoms with Gasteiger partial charge in [0.1, 0.15) is 0 Å². The Kier molecular flexibility index (Phi) is 5.47. The summed E-state index contributed by atoms with van der Waals surface area (Å²) in [6.45, 7) is 4.08. The Labute approximate surface area is 128 Å². The summed E-state index contributed by atoms with van der Waals surface area (Å²) in [5, 5.41) is 0. The summed E-state index contributed by atoms with van der Waals surface area (Å²) in [5.74, 6) is -2.27. The molecule has 2 rings (SSSR count). The van der Waals surface area contributed by atoms with Crippen molar-refractivity contribution in [2.24, 2.45) is 0 Å². The van der Waals surface area contributed by atoms with Crippen molar-refractivity contribution in [3.8, 4) is 16.9 Å². The van der Waals surface area contributed by atoms with Gasteiger partial charge in [0, 0.05) is 5.56 Å². The van der Waals surface area contributed by atoms with Gasteiger partial charge in [-0.25, -0.2) is 13.2 Å². The molecule has 0 bridgehead atoms. The van der Waals surface area contributed by atoms with Gasteiger partial charge in [0.25, 0.3) is 0 Å². The zero-order valence-corrected chi connectivity index (χ0v) is 12.8. The van der Waals surface area contributed by atoms with E-state index in [0.29, 0.717) is 24.2 Å². The van der Waals surface area contributed by atoms with Gasteiger partial charge in [0.05, 0.1) is 6.61 Å². The maximum absolute atomic E-state index is 14.2. The molecule has 0 N–H and O–H groups in total. The molecule has 0 saturated carbocycles. The number of aryl methyl sites for hydroxylation is 1. The lowest BCUT2D eigenvalue weighted by Crippen LogP contribution is -1.99. The highest BCUT2D eigenvalue weighted by Crippen LogP contribution is 2.30. The predicted octanol–water partition coefficient (Wildman–Crippen LogP) is 5.51. The Morgan fingerprint density at radius 3 is 2.36 bits per heavy atom. The second-order valence-corrected chi connectivity index (χ2v) is 5.08. The molecule has 0 unspecified atom stereocenters. The monoisotopic (exact) mass is 308 g/mol. The van der Waals surface area contributed by atoms with Crippen molar-refractivity contribution in [1.29, 1.82) is 0 Å². The van der Waals surface area contributed by atoms with Gasteiger partial charge in [-0.2, -0.15) is 0 Å². The minimum Gasteiger partial charge on any atom is -0.491 e. The van der Waals surface area contributed by atoms with E-state index in [1.807, 2.05) is 6.92 Å². The minimum atomic E-state index is -0.933. The first-order chi connectivity index (χ1) is 10.6. The third kappa shape index (κ3) is 3.43. The molecule has 118 valence electrons. The highest BCUT2D eigenvalue weighted by Gasteiger charge is 2.15. The number of hydrogen-bond acceptors (Lipinski definition) is 1. The van der Waals surface area contributed by atoms with E-state index in [2.05, 4.69) is 0 Å². The van der Waals surface area contributed by atoms with Crippen LogP contribution in [0.1, 0.15) is 32.3 Å². The topological polar surface area (TPSA) is 9.23 Å². The van der Waals surface area contributed by atoms with E-state index in [4.69, 9.17) is 4.74 Å². The van der Waals surface area contributed by atoms with E-state index >= 15 is 0 Å². The molecule has 0 fully saturated rings. The lowest BCUT2D eigenvalue weighted by atomic mass is 10.00. The maximum Gasteiger partial charge on any atom is 0.166 e. The summed E-state index contributed by atoms with van der Waals surface area (Å²) in [6, 6.07) is 7.18. The molecular weight excluding hydrogens is 289 g/mol. The van der Waals surface area contributed by atoms with Gasteiger partial charge in [-0.1, -0.05) is 31.5 Å². The van der Waals surface area contributed by atoms with Gasteiger partial charge in [0.15, 0.2) is 23.2 Å². The zero-order valence-electron chi connectivity index (χ0n) is 12.8. The van der Waals surface area contributed by atoms with Crippen molar-refractivity contribution in [2.75, 3.05) is 6.61 Å². The quantitative estimate of drug-likeness (QED) is 0.683. The summed E-state index contributed by atoms with van der Waals surface area (Å²) in [4.78, 5) is 0. The van der Waals surface area contributed by atoms with Gasteiger partial charge in [-0.05, 0) is 43.0 Å². The third-order valence-corrected chi connectivity index (χ3v) is 3.50. The fourth-order valence-electron chi connectivity index (χ4n) is 2.31. The molecule has 2 aromatic carbocycles. The van der Waals surface area contributed by atoms with Gasteiger partial charge in [0.2, 0.25) is 0 Å². The van der Waals surface area contributed by atoms with Crippen LogP contribution in [0.3, 0.4) is 0 Å². The third-order valence-electron chi connectivity index (χ3n) is 3.50. The van der Waals surface area contributed by atoms with Crippen LogP contribution in [0.5, 0.6) is 5.75 Å². The molecule has 0 amide bonds. The van der Waals surface area contributed by atoms with E-state index in [1.165, 1.54) is 18.2 Å². The van der Waals surface area contributed by atoms with Crippen LogP contribution in [-0.2, 0) is 6.42 Å². The van der Waals surface area contributed by atoms with Gasteiger partial charge in [-0.15, -0.1) is 0 Å². The predicted molar refractivity (Wildman–Crippen MR) is 81.5 cm³/mol. The molecule has 0 atom stereocenters. The summed E-state index contributed by atoms with van der Waals surface area (Å²) < 4.78 is 47.3. The van der Waals surface area contributed by atoms with Crippen LogP contribution in [0.2, 0.25) is 0 Å². The average Bonchev–Trinajstić information content (AvgIpc) is 2.51. The van der Waals surface area contributed by atoms with Crippen LogP contribution in [0, 0.1) is 17.5 Å². The maximum atomic E-state index is 14.2. The number of hydrogen-bond donors (Lipinski definition) is 0. The molecular formula is C18H19F3O. The lowest BCUT2D eigenvalue weighted by Gasteiger charge is -2.10. The van der Waals surface area contributed by atoms with Crippen LogP contribution < -0.4 is 4.74 Å². The first-order valence-electron chi connectivity index (χ1n) is 7.48. The van der Waals surface area contributed by atoms with E-state index in [9.17, 15) is 13.2 Å². The average molecular weight is 308 g/mol. The SMILES string of the molecule is CCCCc1ccc(-c2ccc(OCC)c(F)c2)c(F)c1F. The Morgan fingerprint density at radius 2 is 1.73 bits per heavy atom. The molecule has 0 aliphatic heterocycles. The molecule has 0 aliphatic carbocycles. The van der Waals surface area contributed by atoms with Crippen LogP contribution in [0.25, 0.3) is 11.1 Å².